The first-order valence-electron chi connectivity index (χ1n) is 4.93. The van der Waals surface area contributed by atoms with Crippen molar-refractivity contribution in [3.63, 3.8) is 0 Å². The molecule has 1 amide bonds. The van der Waals surface area contributed by atoms with Crippen LogP contribution in [0.25, 0.3) is 0 Å². The maximum absolute atomic E-state index is 12.0. The molecule has 0 radical (unpaired) electrons. The molecule has 0 aliphatic heterocycles. The summed E-state index contributed by atoms with van der Waals surface area (Å²) in [6.45, 7) is 0. The molecule has 0 unspecified atom stereocenters. The predicted octanol–water partition coefficient (Wildman–Crippen LogP) is 1.88. The molecule has 7 heteroatoms. The number of halogens is 3. The van der Waals surface area contributed by atoms with E-state index in [1.165, 1.54) is 24.3 Å². The van der Waals surface area contributed by atoms with Gasteiger partial charge in [-0.25, -0.2) is 4.79 Å². The fourth-order valence-corrected chi connectivity index (χ4v) is 1.33. The van der Waals surface area contributed by atoms with E-state index in [2.05, 4.69) is 0 Å². The minimum Gasteiger partial charge on any atom is -0.479 e. The SMILES string of the molecule is O=C(CC(F)(F)F)N[C@@H](C(=O)O)c1ccccc1. The van der Waals surface area contributed by atoms with E-state index in [0.717, 1.165) is 0 Å². The Morgan fingerprint density at radius 2 is 1.78 bits per heavy atom. The third-order valence-electron chi connectivity index (χ3n) is 2.05. The number of carboxylic acid groups (broad SMARTS) is 1. The molecule has 1 aromatic rings. The molecule has 1 rings (SSSR count). The van der Waals surface area contributed by atoms with E-state index in [9.17, 15) is 22.8 Å². The van der Waals surface area contributed by atoms with Gasteiger partial charge in [-0.3, -0.25) is 4.79 Å². The Hall–Kier alpha value is -2.05. The summed E-state index contributed by atoms with van der Waals surface area (Å²) in [6.07, 6.45) is -6.37. The van der Waals surface area contributed by atoms with Crippen molar-refractivity contribution in [2.75, 3.05) is 0 Å². The highest BCUT2D eigenvalue weighted by molar-refractivity contribution is 5.84. The summed E-state index contributed by atoms with van der Waals surface area (Å²) >= 11 is 0. The van der Waals surface area contributed by atoms with E-state index >= 15 is 0 Å². The molecule has 0 aliphatic carbocycles. The maximum Gasteiger partial charge on any atom is 0.397 e. The van der Waals surface area contributed by atoms with Gasteiger partial charge in [0.2, 0.25) is 5.91 Å². The van der Waals surface area contributed by atoms with Crippen LogP contribution in [-0.2, 0) is 9.59 Å². The van der Waals surface area contributed by atoms with E-state index in [0.29, 0.717) is 0 Å². The molecule has 4 nitrogen and oxygen atoms in total. The second-order valence-corrected chi connectivity index (χ2v) is 3.54. The quantitative estimate of drug-likeness (QED) is 0.869. The van der Waals surface area contributed by atoms with Crippen LogP contribution in [0.5, 0.6) is 0 Å². The molecular weight excluding hydrogens is 251 g/mol. The summed E-state index contributed by atoms with van der Waals surface area (Å²) in [4.78, 5) is 22.0. The molecule has 0 bridgehead atoms. The number of nitrogens with one attached hydrogen (secondary N) is 1. The van der Waals surface area contributed by atoms with Crippen LogP contribution in [0.3, 0.4) is 0 Å². The Morgan fingerprint density at radius 3 is 2.22 bits per heavy atom. The third kappa shape index (κ3) is 4.44. The minimum atomic E-state index is -4.66. The first kappa shape index (κ1) is 14.0. The zero-order chi connectivity index (χ0) is 13.8. The number of amides is 1. The van der Waals surface area contributed by atoms with Crippen molar-refractivity contribution in [1.29, 1.82) is 0 Å². The first-order chi connectivity index (χ1) is 8.29. The third-order valence-corrected chi connectivity index (χ3v) is 2.05. The van der Waals surface area contributed by atoms with Gasteiger partial charge < -0.3 is 10.4 Å². The van der Waals surface area contributed by atoms with Crippen molar-refractivity contribution in [2.45, 2.75) is 18.6 Å². The average molecular weight is 261 g/mol. The molecule has 18 heavy (non-hydrogen) atoms. The zero-order valence-corrected chi connectivity index (χ0v) is 9.07. The highest BCUT2D eigenvalue weighted by atomic mass is 19.4. The predicted molar refractivity (Wildman–Crippen MR) is 55.6 cm³/mol. The fraction of sp³-hybridized carbons (Fsp3) is 0.273. The van der Waals surface area contributed by atoms with Gasteiger partial charge in [0.25, 0.3) is 0 Å². The number of carbonyl (C=O) groups is 2. The highest BCUT2D eigenvalue weighted by Gasteiger charge is 2.33. The van der Waals surface area contributed by atoms with Crippen molar-refractivity contribution < 1.29 is 27.9 Å². The lowest BCUT2D eigenvalue weighted by atomic mass is 10.1. The molecule has 98 valence electrons. The summed E-state index contributed by atoms with van der Waals surface area (Å²) < 4.78 is 35.9. The lowest BCUT2D eigenvalue weighted by molar-refractivity contribution is -0.157. The Bertz CT molecular complexity index is 431. The lowest BCUT2D eigenvalue weighted by Gasteiger charge is -2.15. The monoisotopic (exact) mass is 261 g/mol. The first-order valence-corrected chi connectivity index (χ1v) is 4.93. The number of hydrogen-bond donors (Lipinski definition) is 2. The molecule has 0 aromatic heterocycles. The number of rotatable bonds is 4. The van der Waals surface area contributed by atoms with E-state index in [1.807, 2.05) is 5.32 Å². The van der Waals surface area contributed by atoms with Crippen molar-refractivity contribution in [2.24, 2.45) is 0 Å². The molecule has 0 spiro atoms. The Balaban J connectivity index is 2.77. The van der Waals surface area contributed by atoms with Crippen LogP contribution in [0.1, 0.15) is 18.0 Å². The van der Waals surface area contributed by atoms with Crippen LogP contribution >= 0.6 is 0 Å². The van der Waals surface area contributed by atoms with E-state index in [4.69, 9.17) is 5.11 Å². The molecule has 0 fully saturated rings. The molecule has 1 atom stereocenters. The number of alkyl halides is 3. The van der Waals surface area contributed by atoms with Gasteiger partial charge in [-0.1, -0.05) is 30.3 Å². The normalized spacial score (nSPS) is 12.8. The van der Waals surface area contributed by atoms with Crippen molar-refractivity contribution in [1.82, 2.24) is 5.32 Å². The summed E-state index contributed by atoms with van der Waals surface area (Å²) in [5.74, 6) is -2.80. The number of carboxylic acids is 1. The smallest absolute Gasteiger partial charge is 0.397 e. The van der Waals surface area contributed by atoms with Crippen LogP contribution in [0, 0.1) is 0 Å². The van der Waals surface area contributed by atoms with E-state index in [1.54, 1.807) is 6.07 Å². The van der Waals surface area contributed by atoms with Gasteiger partial charge >= 0.3 is 12.1 Å². The molecule has 2 N–H and O–H groups in total. The maximum atomic E-state index is 12.0. The average Bonchev–Trinajstić information content (AvgIpc) is 2.24. The van der Waals surface area contributed by atoms with Crippen molar-refractivity contribution in [3.8, 4) is 0 Å². The van der Waals surface area contributed by atoms with Gasteiger partial charge in [-0.2, -0.15) is 13.2 Å². The van der Waals surface area contributed by atoms with Gasteiger partial charge in [-0.05, 0) is 5.56 Å². The Labute approximate surface area is 100 Å². The second-order valence-electron chi connectivity index (χ2n) is 3.54. The molecule has 0 aliphatic rings. The largest absolute Gasteiger partial charge is 0.479 e. The van der Waals surface area contributed by atoms with Crippen molar-refractivity contribution in [3.05, 3.63) is 35.9 Å². The highest BCUT2D eigenvalue weighted by Crippen LogP contribution is 2.20. The van der Waals surface area contributed by atoms with Crippen molar-refractivity contribution >= 4 is 11.9 Å². The standard InChI is InChI=1S/C11H10F3NO3/c12-11(13,14)6-8(16)15-9(10(17)18)7-4-2-1-3-5-7/h1-5,9H,6H2,(H,15,16)(H,17,18)/t9-/m1/s1. The summed E-state index contributed by atoms with van der Waals surface area (Å²) in [5, 5.41) is 10.7. The topological polar surface area (TPSA) is 66.4 Å². The summed E-state index contributed by atoms with van der Waals surface area (Å²) in [7, 11) is 0. The number of hydrogen-bond acceptors (Lipinski definition) is 2. The van der Waals surface area contributed by atoms with Crippen LogP contribution in [0.2, 0.25) is 0 Å². The van der Waals surface area contributed by atoms with Crippen LogP contribution < -0.4 is 5.32 Å². The Morgan fingerprint density at radius 1 is 1.22 bits per heavy atom. The van der Waals surface area contributed by atoms with Crippen LogP contribution in [0.15, 0.2) is 30.3 Å². The lowest BCUT2D eigenvalue weighted by Crippen LogP contribution is -2.36. The fourth-order valence-electron chi connectivity index (χ4n) is 1.33. The second kappa shape index (κ2) is 5.52. The van der Waals surface area contributed by atoms with Gasteiger partial charge in [-0.15, -0.1) is 0 Å². The van der Waals surface area contributed by atoms with Gasteiger partial charge in [0.05, 0.1) is 0 Å². The molecule has 0 saturated carbocycles. The Kier molecular flexibility index (Phi) is 4.30. The van der Waals surface area contributed by atoms with Crippen LogP contribution in [0.4, 0.5) is 13.2 Å². The molecule has 1 aromatic carbocycles. The molecule has 0 saturated heterocycles. The minimum absolute atomic E-state index is 0.209. The van der Waals surface area contributed by atoms with E-state index in [-0.39, 0.29) is 5.56 Å². The van der Waals surface area contributed by atoms with Gasteiger partial charge in [0.15, 0.2) is 6.04 Å². The molecule has 0 heterocycles. The number of carbonyl (C=O) groups excluding carboxylic acids is 1. The summed E-state index contributed by atoms with van der Waals surface area (Å²) in [6, 6.07) is 6.02. The van der Waals surface area contributed by atoms with E-state index < -0.39 is 30.5 Å². The van der Waals surface area contributed by atoms with Gasteiger partial charge in [0.1, 0.15) is 6.42 Å². The number of benzene rings is 1. The number of aliphatic carboxylic acids is 1. The zero-order valence-electron chi connectivity index (χ0n) is 9.07. The van der Waals surface area contributed by atoms with Gasteiger partial charge in [0, 0.05) is 0 Å². The summed E-state index contributed by atoms with van der Waals surface area (Å²) in [5.41, 5.74) is 0.209. The van der Waals surface area contributed by atoms with Crippen LogP contribution in [-0.4, -0.2) is 23.2 Å². The molecular formula is C11H10F3NO3.